The van der Waals surface area contributed by atoms with Crippen LogP contribution in [-0.2, 0) is 0 Å². The molecule has 0 bridgehead atoms. The number of carbonyl (C=O) groups excluding carboxylic acids is 1. The summed E-state index contributed by atoms with van der Waals surface area (Å²) >= 11 is 2.14. The summed E-state index contributed by atoms with van der Waals surface area (Å²) in [5, 5.41) is 0. The maximum Gasteiger partial charge on any atom is 0.252 e. The average Bonchev–Trinajstić information content (AvgIpc) is 2.31. The first kappa shape index (κ1) is 12.8. The molecular weight excluding hydrogens is 348 g/mol. The number of hydrogen-bond donors (Lipinski definition) is 1. The summed E-state index contributed by atoms with van der Waals surface area (Å²) in [7, 11) is 0. The maximum atomic E-state index is 13.0. The smallest absolute Gasteiger partial charge is 0.252 e. The van der Waals surface area contributed by atoms with Gasteiger partial charge in [0.15, 0.2) is 0 Å². The van der Waals surface area contributed by atoms with Crippen LogP contribution >= 0.6 is 22.6 Å². The van der Waals surface area contributed by atoms with Crippen molar-refractivity contribution in [3.05, 3.63) is 57.4 Å². The summed E-state index contributed by atoms with van der Waals surface area (Å²) in [5.41, 5.74) is 5.20. The van der Waals surface area contributed by atoms with Gasteiger partial charge in [0, 0.05) is 3.57 Å². The van der Waals surface area contributed by atoms with E-state index in [2.05, 4.69) is 22.6 Å². The van der Waals surface area contributed by atoms with Crippen LogP contribution in [0.25, 0.3) is 0 Å². The van der Waals surface area contributed by atoms with E-state index in [1.807, 2.05) is 12.1 Å². The van der Waals surface area contributed by atoms with E-state index >= 15 is 0 Å². The van der Waals surface area contributed by atoms with E-state index in [1.165, 1.54) is 12.1 Å². The highest BCUT2D eigenvalue weighted by Gasteiger charge is 2.11. The Hall–Kier alpha value is -1.63. The minimum atomic E-state index is -0.727. The number of halogens is 2. The third-order valence-electron chi connectivity index (χ3n) is 2.23. The number of ether oxygens (including phenoxy) is 1. The standard InChI is InChI=1S/C13H9FINO2/c14-8-4-5-12(11(6-8)13(16)17)18-10-3-1-2-9(15)7-10/h1-7H,(H2,16,17). The van der Waals surface area contributed by atoms with Gasteiger partial charge in [0.25, 0.3) is 5.91 Å². The van der Waals surface area contributed by atoms with Crippen LogP contribution in [0.2, 0.25) is 0 Å². The molecule has 5 heteroatoms. The van der Waals surface area contributed by atoms with E-state index < -0.39 is 11.7 Å². The van der Waals surface area contributed by atoms with Gasteiger partial charge in [0.05, 0.1) is 5.56 Å². The highest BCUT2D eigenvalue weighted by Crippen LogP contribution is 2.26. The van der Waals surface area contributed by atoms with Crippen molar-refractivity contribution in [2.75, 3.05) is 0 Å². The SMILES string of the molecule is NC(=O)c1cc(F)ccc1Oc1cccc(I)c1. The molecule has 92 valence electrons. The van der Waals surface area contributed by atoms with Gasteiger partial charge in [-0.25, -0.2) is 4.39 Å². The molecule has 18 heavy (non-hydrogen) atoms. The van der Waals surface area contributed by atoms with Gasteiger partial charge >= 0.3 is 0 Å². The second kappa shape index (κ2) is 5.34. The first-order valence-electron chi connectivity index (χ1n) is 5.09. The van der Waals surface area contributed by atoms with Crippen LogP contribution in [0.3, 0.4) is 0 Å². The van der Waals surface area contributed by atoms with Crippen molar-refractivity contribution in [3.63, 3.8) is 0 Å². The fraction of sp³-hybridized carbons (Fsp3) is 0. The van der Waals surface area contributed by atoms with E-state index in [4.69, 9.17) is 10.5 Å². The van der Waals surface area contributed by atoms with Crippen LogP contribution in [0.15, 0.2) is 42.5 Å². The number of benzene rings is 2. The molecule has 0 aromatic heterocycles. The van der Waals surface area contributed by atoms with Crippen LogP contribution in [0.5, 0.6) is 11.5 Å². The topological polar surface area (TPSA) is 52.3 Å². The van der Waals surface area contributed by atoms with Gasteiger partial charge in [0.1, 0.15) is 17.3 Å². The highest BCUT2D eigenvalue weighted by molar-refractivity contribution is 14.1. The summed E-state index contributed by atoms with van der Waals surface area (Å²) < 4.78 is 19.6. The lowest BCUT2D eigenvalue weighted by Gasteiger charge is -2.09. The highest BCUT2D eigenvalue weighted by atomic mass is 127. The third kappa shape index (κ3) is 2.98. The van der Waals surface area contributed by atoms with Crippen molar-refractivity contribution in [1.29, 1.82) is 0 Å². The molecule has 0 fully saturated rings. The summed E-state index contributed by atoms with van der Waals surface area (Å²) in [6.45, 7) is 0. The minimum Gasteiger partial charge on any atom is -0.456 e. The van der Waals surface area contributed by atoms with Gasteiger partial charge in [-0.1, -0.05) is 6.07 Å². The van der Waals surface area contributed by atoms with Crippen LogP contribution in [-0.4, -0.2) is 5.91 Å². The zero-order chi connectivity index (χ0) is 13.1. The van der Waals surface area contributed by atoms with Gasteiger partial charge in [-0.2, -0.15) is 0 Å². The van der Waals surface area contributed by atoms with E-state index in [0.29, 0.717) is 5.75 Å². The fourth-order valence-electron chi connectivity index (χ4n) is 1.44. The quantitative estimate of drug-likeness (QED) is 0.857. The number of carbonyl (C=O) groups is 1. The number of amides is 1. The molecule has 0 heterocycles. The first-order chi connectivity index (χ1) is 8.56. The average molecular weight is 357 g/mol. The number of rotatable bonds is 3. The van der Waals surface area contributed by atoms with Gasteiger partial charge in [0.2, 0.25) is 0 Å². The maximum absolute atomic E-state index is 13.0. The molecule has 0 saturated carbocycles. The predicted molar refractivity (Wildman–Crippen MR) is 74.2 cm³/mol. The van der Waals surface area contributed by atoms with Gasteiger partial charge in [-0.15, -0.1) is 0 Å². The van der Waals surface area contributed by atoms with Crippen LogP contribution < -0.4 is 10.5 Å². The largest absolute Gasteiger partial charge is 0.456 e. The Morgan fingerprint density at radius 3 is 2.67 bits per heavy atom. The van der Waals surface area contributed by atoms with Crippen molar-refractivity contribution in [3.8, 4) is 11.5 Å². The summed E-state index contributed by atoms with van der Waals surface area (Å²) in [6.07, 6.45) is 0. The van der Waals surface area contributed by atoms with E-state index in [9.17, 15) is 9.18 Å². The van der Waals surface area contributed by atoms with E-state index in [1.54, 1.807) is 12.1 Å². The zero-order valence-corrected chi connectivity index (χ0v) is 11.3. The Labute approximate surface area is 117 Å². The number of primary amides is 1. The lowest BCUT2D eigenvalue weighted by Crippen LogP contribution is -2.12. The summed E-state index contributed by atoms with van der Waals surface area (Å²) in [6, 6.07) is 10.9. The molecule has 2 aromatic carbocycles. The fourth-order valence-corrected chi connectivity index (χ4v) is 1.96. The molecule has 0 saturated heterocycles. The summed E-state index contributed by atoms with van der Waals surface area (Å²) in [4.78, 5) is 11.2. The number of hydrogen-bond acceptors (Lipinski definition) is 2. The molecule has 2 rings (SSSR count). The second-order valence-corrected chi connectivity index (χ2v) is 4.81. The van der Waals surface area contributed by atoms with Crippen LogP contribution in [0.1, 0.15) is 10.4 Å². The Bertz CT molecular complexity index is 601. The predicted octanol–water partition coefficient (Wildman–Crippen LogP) is 3.32. The van der Waals surface area contributed by atoms with E-state index in [0.717, 1.165) is 9.64 Å². The summed E-state index contributed by atoms with van der Waals surface area (Å²) in [5.74, 6) is -0.448. The van der Waals surface area contributed by atoms with Crippen LogP contribution in [0, 0.1) is 9.39 Å². The Balaban J connectivity index is 2.37. The second-order valence-electron chi connectivity index (χ2n) is 3.56. The van der Waals surface area contributed by atoms with E-state index in [-0.39, 0.29) is 11.3 Å². The third-order valence-corrected chi connectivity index (χ3v) is 2.90. The Morgan fingerprint density at radius 2 is 2.00 bits per heavy atom. The monoisotopic (exact) mass is 357 g/mol. The molecule has 2 N–H and O–H groups in total. The number of nitrogens with two attached hydrogens (primary N) is 1. The molecule has 0 aliphatic rings. The van der Waals surface area contributed by atoms with Gasteiger partial charge in [-0.05, 0) is 59.0 Å². The lowest BCUT2D eigenvalue weighted by atomic mass is 10.2. The molecule has 0 aliphatic heterocycles. The molecular formula is C13H9FINO2. The van der Waals surface area contributed by atoms with Crippen molar-refractivity contribution in [1.82, 2.24) is 0 Å². The van der Waals surface area contributed by atoms with Gasteiger partial charge < -0.3 is 10.5 Å². The first-order valence-corrected chi connectivity index (χ1v) is 6.17. The molecule has 0 unspecified atom stereocenters. The van der Waals surface area contributed by atoms with Crippen molar-refractivity contribution in [2.45, 2.75) is 0 Å². The molecule has 0 atom stereocenters. The van der Waals surface area contributed by atoms with Crippen molar-refractivity contribution in [2.24, 2.45) is 5.73 Å². The minimum absolute atomic E-state index is 0.0221. The zero-order valence-electron chi connectivity index (χ0n) is 9.19. The van der Waals surface area contributed by atoms with Crippen molar-refractivity contribution >= 4 is 28.5 Å². The molecule has 3 nitrogen and oxygen atoms in total. The molecule has 1 amide bonds. The molecule has 0 radical (unpaired) electrons. The molecule has 2 aromatic rings. The molecule has 0 aliphatic carbocycles. The van der Waals surface area contributed by atoms with Crippen molar-refractivity contribution < 1.29 is 13.9 Å². The normalized spacial score (nSPS) is 10.1. The lowest BCUT2D eigenvalue weighted by molar-refractivity contribution is 0.0997. The Kier molecular flexibility index (Phi) is 3.81. The van der Waals surface area contributed by atoms with Gasteiger partial charge in [-0.3, -0.25) is 4.79 Å². The Morgan fingerprint density at radius 1 is 1.22 bits per heavy atom. The van der Waals surface area contributed by atoms with Crippen LogP contribution in [0.4, 0.5) is 4.39 Å². The molecule has 0 spiro atoms.